The highest BCUT2D eigenvalue weighted by Gasteiger charge is 2.05. The number of thiazole rings is 1. The molecule has 4 heteroatoms. The highest BCUT2D eigenvalue weighted by atomic mass is 32.1. The first-order chi connectivity index (χ1) is 8.69. The van der Waals surface area contributed by atoms with Crippen LogP contribution in [0.15, 0.2) is 29.6 Å². The number of benzene rings is 1. The zero-order valence-corrected chi connectivity index (χ0v) is 11.3. The van der Waals surface area contributed by atoms with Gasteiger partial charge < -0.3 is 5.32 Å². The van der Waals surface area contributed by atoms with Crippen LogP contribution in [-0.2, 0) is 6.54 Å². The lowest BCUT2D eigenvalue weighted by Crippen LogP contribution is -2.21. The van der Waals surface area contributed by atoms with Gasteiger partial charge in [0.05, 0.1) is 17.3 Å². The fourth-order valence-electron chi connectivity index (χ4n) is 1.56. The average Bonchev–Trinajstić information content (AvgIpc) is 2.85. The van der Waals surface area contributed by atoms with E-state index in [0.717, 1.165) is 22.8 Å². The molecule has 2 rings (SSSR count). The van der Waals surface area contributed by atoms with Gasteiger partial charge >= 0.3 is 0 Å². The fraction of sp³-hybridized carbons (Fsp3) is 0.286. The lowest BCUT2D eigenvalue weighted by Gasteiger charge is -2.04. The van der Waals surface area contributed by atoms with Gasteiger partial charge in [0.1, 0.15) is 5.01 Å². The minimum absolute atomic E-state index is 0.458. The van der Waals surface area contributed by atoms with Gasteiger partial charge in [-0.25, -0.2) is 4.98 Å². The van der Waals surface area contributed by atoms with Crippen LogP contribution in [0.5, 0.6) is 0 Å². The van der Waals surface area contributed by atoms with E-state index in [1.54, 1.807) is 17.4 Å². The Bertz CT molecular complexity index is 566. The van der Waals surface area contributed by atoms with Crippen LogP contribution in [-0.4, -0.2) is 11.0 Å². The molecule has 0 aliphatic carbocycles. The Labute approximate surface area is 111 Å². The van der Waals surface area contributed by atoms with Gasteiger partial charge in [-0.2, -0.15) is 5.26 Å². The van der Waals surface area contributed by atoms with Crippen LogP contribution >= 0.6 is 11.3 Å². The summed E-state index contributed by atoms with van der Waals surface area (Å²) in [5.41, 5.74) is 2.61. The summed E-state index contributed by atoms with van der Waals surface area (Å²) in [6.45, 7) is 5.02. The Morgan fingerprint density at radius 2 is 2.28 bits per heavy atom. The van der Waals surface area contributed by atoms with Crippen LogP contribution < -0.4 is 5.32 Å². The minimum Gasteiger partial charge on any atom is -0.308 e. The summed E-state index contributed by atoms with van der Waals surface area (Å²) in [6.07, 6.45) is 0. The molecule has 2 aromatic rings. The number of hydrogen-bond acceptors (Lipinski definition) is 4. The summed E-state index contributed by atoms with van der Waals surface area (Å²) in [6, 6.07) is 10.1. The molecule has 0 aliphatic heterocycles. The van der Waals surface area contributed by atoms with Crippen LogP contribution in [0.1, 0.15) is 24.4 Å². The first-order valence-electron chi connectivity index (χ1n) is 5.87. The van der Waals surface area contributed by atoms with Crippen molar-refractivity contribution in [1.29, 1.82) is 5.26 Å². The van der Waals surface area contributed by atoms with Gasteiger partial charge in [0, 0.05) is 23.5 Å². The van der Waals surface area contributed by atoms with Crippen LogP contribution in [0, 0.1) is 11.3 Å². The maximum Gasteiger partial charge on any atom is 0.107 e. The molecular weight excluding hydrogens is 242 g/mol. The lowest BCUT2D eigenvalue weighted by atomic mass is 10.1. The van der Waals surface area contributed by atoms with Crippen molar-refractivity contribution in [2.24, 2.45) is 0 Å². The first-order valence-corrected chi connectivity index (χ1v) is 6.75. The van der Waals surface area contributed by atoms with Crippen LogP contribution in [0.3, 0.4) is 0 Å². The largest absolute Gasteiger partial charge is 0.308 e. The molecule has 0 saturated carbocycles. The third kappa shape index (κ3) is 3.16. The number of nitrogens with one attached hydrogen (secondary N) is 1. The van der Waals surface area contributed by atoms with Gasteiger partial charge in [0.2, 0.25) is 0 Å². The predicted molar refractivity (Wildman–Crippen MR) is 74.2 cm³/mol. The molecule has 0 fully saturated rings. The predicted octanol–water partition coefficient (Wildman–Crippen LogP) is 3.18. The Morgan fingerprint density at radius 3 is 3.00 bits per heavy atom. The van der Waals surface area contributed by atoms with Crippen LogP contribution in [0.25, 0.3) is 11.3 Å². The molecule has 1 heterocycles. The van der Waals surface area contributed by atoms with E-state index in [2.05, 4.69) is 30.2 Å². The summed E-state index contributed by atoms with van der Waals surface area (Å²) in [5.74, 6) is 0. The van der Waals surface area contributed by atoms with Crippen molar-refractivity contribution < 1.29 is 0 Å². The molecular formula is C14H15N3S. The summed E-state index contributed by atoms with van der Waals surface area (Å²) < 4.78 is 0. The summed E-state index contributed by atoms with van der Waals surface area (Å²) in [7, 11) is 0. The molecule has 1 aromatic heterocycles. The average molecular weight is 257 g/mol. The monoisotopic (exact) mass is 257 g/mol. The zero-order valence-electron chi connectivity index (χ0n) is 10.5. The van der Waals surface area contributed by atoms with E-state index in [1.165, 1.54) is 0 Å². The molecule has 0 unspecified atom stereocenters. The highest BCUT2D eigenvalue weighted by Crippen LogP contribution is 2.22. The maximum absolute atomic E-state index is 8.88. The van der Waals surface area contributed by atoms with Crippen molar-refractivity contribution in [1.82, 2.24) is 10.3 Å². The molecule has 92 valence electrons. The van der Waals surface area contributed by atoms with Crippen molar-refractivity contribution >= 4 is 11.3 Å². The molecule has 1 aromatic carbocycles. The second-order valence-electron chi connectivity index (χ2n) is 4.35. The standard InChI is InChI=1S/C14H15N3S/c1-10(2)16-8-14-17-13(9-18-14)12-5-3-4-11(6-12)7-15/h3-6,9-10,16H,8H2,1-2H3. The minimum atomic E-state index is 0.458. The number of aromatic nitrogens is 1. The number of nitrogens with zero attached hydrogens (tertiary/aromatic N) is 2. The number of nitriles is 1. The Balaban J connectivity index is 2.16. The molecule has 0 radical (unpaired) electrons. The highest BCUT2D eigenvalue weighted by molar-refractivity contribution is 7.09. The van der Waals surface area contributed by atoms with E-state index in [4.69, 9.17) is 5.26 Å². The zero-order chi connectivity index (χ0) is 13.0. The van der Waals surface area contributed by atoms with E-state index >= 15 is 0 Å². The van der Waals surface area contributed by atoms with Crippen molar-refractivity contribution in [2.45, 2.75) is 26.4 Å². The molecule has 0 spiro atoms. The molecule has 1 N–H and O–H groups in total. The molecule has 0 bridgehead atoms. The smallest absolute Gasteiger partial charge is 0.107 e. The van der Waals surface area contributed by atoms with E-state index < -0.39 is 0 Å². The first kappa shape index (κ1) is 12.7. The molecule has 18 heavy (non-hydrogen) atoms. The van der Waals surface area contributed by atoms with Gasteiger partial charge in [0.15, 0.2) is 0 Å². The second-order valence-corrected chi connectivity index (χ2v) is 5.30. The van der Waals surface area contributed by atoms with Gasteiger partial charge in [-0.3, -0.25) is 0 Å². The van der Waals surface area contributed by atoms with Gasteiger partial charge in [-0.1, -0.05) is 26.0 Å². The van der Waals surface area contributed by atoms with E-state index in [-0.39, 0.29) is 0 Å². The SMILES string of the molecule is CC(C)NCc1nc(-c2cccc(C#N)c2)cs1. The molecule has 3 nitrogen and oxygen atoms in total. The molecule has 0 saturated heterocycles. The van der Waals surface area contributed by atoms with E-state index in [1.807, 2.05) is 23.6 Å². The van der Waals surface area contributed by atoms with E-state index in [9.17, 15) is 0 Å². The van der Waals surface area contributed by atoms with Crippen LogP contribution in [0.4, 0.5) is 0 Å². The molecule has 0 amide bonds. The quantitative estimate of drug-likeness (QED) is 0.915. The molecule has 0 aliphatic rings. The normalized spacial score (nSPS) is 10.6. The Kier molecular flexibility index (Phi) is 4.08. The third-order valence-electron chi connectivity index (χ3n) is 2.50. The topological polar surface area (TPSA) is 48.7 Å². The van der Waals surface area contributed by atoms with Crippen molar-refractivity contribution in [3.63, 3.8) is 0 Å². The van der Waals surface area contributed by atoms with Gasteiger partial charge in [-0.05, 0) is 12.1 Å². The van der Waals surface area contributed by atoms with E-state index in [0.29, 0.717) is 11.6 Å². The molecule has 0 atom stereocenters. The lowest BCUT2D eigenvalue weighted by molar-refractivity contribution is 0.587. The summed E-state index contributed by atoms with van der Waals surface area (Å²) >= 11 is 1.64. The van der Waals surface area contributed by atoms with Crippen LogP contribution in [0.2, 0.25) is 0 Å². The second kappa shape index (κ2) is 5.76. The maximum atomic E-state index is 8.88. The number of hydrogen-bond donors (Lipinski definition) is 1. The van der Waals surface area contributed by atoms with Crippen molar-refractivity contribution in [2.75, 3.05) is 0 Å². The fourth-order valence-corrected chi connectivity index (χ4v) is 2.32. The Morgan fingerprint density at radius 1 is 1.44 bits per heavy atom. The number of rotatable bonds is 4. The summed E-state index contributed by atoms with van der Waals surface area (Å²) in [4.78, 5) is 4.57. The van der Waals surface area contributed by atoms with Gasteiger partial charge in [0.25, 0.3) is 0 Å². The van der Waals surface area contributed by atoms with Gasteiger partial charge in [-0.15, -0.1) is 11.3 Å². The Hall–Kier alpha value is -1.70. The van der Waals surface area contributed by atoms with Crippen molar-refractivity contribution in [3.8, 4) is 17.3 Å². The van der Waals surface area contributed by atoms with Crippen molar-refractivity contribution in [3.05, 3.63) is 40.2 Å². The third-order valence-corrected chi connectivity index (χ3v) is 3.35. The summed E-state index contributed by atoms with van der Waals surface area (Å²) in [5, 5.41) is 15.3.